The van der Waals surface area contributed by atoms with Crippen molar-refractivity contribution in [3.63, 3.8) is 0 Å². The molecular formula is C13H18N4OS. The zero-order valence-corrected chi connectivity index (χ0v) is 11.8. The maximum absolute atomic E-state index is 12.1. The standard InChI is InChI=1S/C13H18N4OS/c1-9-8-19-13-15-10(5-12(18)17(9)13)7-16-4-2-3-11(16)6-14/h5,8,11H,2-4,6-7,14H2,1H3. The molecule has 0 amide bonds. The molecule has 0 aromatic carbocycles. The van der Waals surface area contributed by atoms with Crippen molar-refractivity contribution in [1.82, 2.24) is 14.3 Å². The molecule has 2 aromatic rings. The lowest BCUT2D eigenvalue weighted by atomic mass is 10.2. The number of hydrogen-bond donors (Lipinski definition) is 1. The van der Waals surface area contributed by atoms with E-state index in [1.54, 1.807) is 10.5 Å². The van der Waals surface area contributed by atoms with E-state index in [9.17, 15) is 4.79 Å². The van der Waals surface area contributed by atoms with Gasteiger partial charge in [-0.1, -0.05) is 0 Å². The van der Waals surface area contributed by atoms with Gasteiger partial charge in [-0.25, -0.2) is 4.98 Å². The predicted octanol–water partition coefficient (Wildman–Crippen LogP) is 0.988. The monoisotopic (exact) mass is 278 g/mol. The maximum Gasteiger partial charge on any atom is 0.259 e. The van der Waals surface area contributed by atoms with Gasteiger partial charge in [0.25, 0.3) is 5.56 Å². The predicted molar refractivity (Wildman–Crippen MR) is 76.6 cm³/mol. The fourth-order valence-corrected chi connectivity index (χ4v) is 3.65. The third-order valence-corrected chi connectivity index (χ3v) is 4.71. The molecule has 1 atom stereocenters. The van der Waals surface area contributed by atoms with Crippen molar-refractivity contribution in [2.75, 3.05) is 13.1 Å². The van der Waals surface area contributed by atoms with Crippen LogP contribution < -0.4 is 11.3 Å². The molecule has 3 heterocycles. The van der Waals surface area contributed by atoms with Gasteiger partial charge in [0.2, 0.25) is 0 Å². The molecule has 2 aromatic heterocycles. The second-order valence-corrected chi connectivity index (χ2v) is 5.92. The number of nitrogens with zero attached hydrogens (tertiary/aromatic N) is 3. The van der Waals surface area contributed by atoms with Gasteiger partial charge in [0, 0.05) is 36.3 Å². The van der Waals surface area contributed by atoms with Gasteiger partial charge < -0.3 is 5.73 Å². The molecule has 5 nitrogen and oxygen atoms in total. The Morgan fingerprint density at radius 2 is 2.42 bits per heavy atom. The lowest BCUT2D eigenvalue weighted by Crippen LogP contribution is -2.35. The van der Waals surface area contributed by atoms with E-state index < -0.39 is 0 Å². The number of fused-ring (bicyclic) bond motifs is 1. The first-order chi connectivity index (χ1) is 9.19. The Bertz CT molecular complexity index is 648. The van der Waals surface area contributed by atoms with Crippen LogP contribution in [0, 0.1) is 6.92 Å². The first-order valence-electron chi connectivity index (χ1n) is 6.60. The van der Waals surface area contributed by atoms with Gasteiger partial charge in [-0.2, -0.15) is 0 Å². The minimum Gasteiger partial charge on any atom is -0.329 e. The van der Waals surface area contributed by atoms with E-state index in [0.29, 0.717) is 12.6 Å². The fraction of sp³-hybridized carbons (Fsp3) is 0.538. The van der Waals surface area contributed by atoms with Crippen molar-refractivity contribution in [2.24, 2.45) is 5.73 Å². The van der Waals surface area contributed by atoms with E-state index >= 15 is 0 Å². The van der Waals surface area contributed by atoms with Gasteiger partial charge in [-0.05, 0) is 26.3 Å². The molecule has 6 heteroatoms. The van der Waals surface area contributed by atoms with E-state index in [2.05, 4.69) is 9.88 Å². The van der Waals surface area contributed by atoms with Crippen LogP contribution in [0.2, 0.25) is 0 Å². The van der Waals surface area contributed by atoms with Crippen molar-refractivity contribution in [3.8, 4) is 0 Å². The van der Waals surface area contributed by atoms with Crippen LogP contribution in [-0.4, -0.2) is 33.4 Å². The Kier molecular flexibility index (Phi) is 3.38. The number of aromatic nitrogens is 2. The minimum absolute atomic E-state index is 0.0160. The van der Waals surface area contributed by atoms with E-state index in [-0.39, 0.29) is 5.56 Å². The summed E-state index contributed by atoms with van der Waals surface area (Å²) in [5.74, 6) is 0. The fourth-order valence-electron chi connectivity index (χ4n) is 2.76. The number of thiazole rings is 1. The molecule has 0 spiro atoms. The molecule has 1 fully saturated rings. The number of rotatable bonds is 3. The normalized spacial score (nSPS) is 20.4. The average Bonchev–Trinajstić information content (AvgIpc) is 2.96. The quantitative estimate of drug-likeness (QED) is 0.909. The molecule has 1 saturated heterocycles. The first-order valence-corrected chi connectivity index (χ1v) is 7.48. The van der Waals surface area contributed by atoms with E-state index in [1.165, 1.54) is 17.8 Å². The first kappa shape index (κ1) is 12.8. The zero-order chi connectivity index (χ0) is 13.4. The van der Waals surface area contributed by atoms with Gasteiger partial charge in [0.05, 0.1) is 5.69 Å². The topological polar surface area (TPSA) is 63.6 Å². The molecule has 0 saturated carbocycles. The highest BCUT2D eigenvalue weighted by Crippen LogP contribution is 2.19. The summed E-state index contributed by atoms with van der Waals surface area (Å²) < 4.78 is 1.67. The van der Waals surface area contributed by atoms with Crippen LogP contribution >= 0.6 is 11.3 Å². The van der Waals surface area contributed by atoms with Gasteiger partial charge in [0.1, 0.15) is 0 Å². The third-order valence-electron chi connectivity index (χ3n) is 3.76. The number of likely N-dealkylation sites (tertiary alicyclic amines) is 1. The average molecular weight is 278 g/mol. The van der Waals surface area contributed by atoms with E-state index in [0.717, 1.165) is 35.9 Å². The molecule has 0 bridgehead atoms. The second-order valence-electron chi connectivity index (χ2n) is 5.08. The number of hydrogen-bond acceptors (Lipinski definition) is 5. The van der Waals surface area contributed by atoms with Crippen LogP contribution in [0.1, 0.15) is 24.2 Å². The van der Waals surface area contributed by atoms with Crippen LogP contribution in [0.15, 0.2) is 16.2 Å². The summed E-state index contributed by atoms with van der Waals surface area (Å²) in [5.41, 5.74) is 7.59. The Labute approximate surface area is 115 Å². The Morgan fingerprint density at radius 1 is 1.58 bits per heavy atom. The Balaban J connectivity index is 1.91. The maximum atomic E-state index is 12.1. The number of aryl methyl sites for hydroxylation is 1. The molecule has 0 radical (unpaired) electrons. The molecule has 1 unspecified atom stereocenters. The second kappa shape index (κ2) is 5.03. The van der Waals surface area contributed by atoms with Crippen LogP contribution in [-0.2, 0) is 6.54 Å². The van der Waals surface area contributed by atoms with E-state index in [4.69, 9.17) is 5.73 Å². The molecule has 0 aliphatic carbocycles. The van der Waals surface area contributed by atoms with Gasteiger partial charge in [-0.15, -0.1) is 11.3 Å². The molecule has 2 N–H and O–H groups in total. The summed E-state index contributed by atoms with van der Waals surface area (Å²) >= 11 is 1.52. The minimum atomic E-state index is 0.0160. The lowest BCUT2D eigenvalue weighted by molar-refractivity contribution is 0.247. The van der Waals surface area contributed by atoms with Crippen LogP contribution in [0.25, 0.3) is 4.96 Å². The Hall–Kier alpha value is -1.24. The Morgan fingerprint density at radius 3 is 3.21 bits per heavy atom. The molecule has 1 aliphatic heterocycles. The van der Waals surface area contributed by atoms with Gasteiger partial charge in [-0.3, -0.25) is 14.1 Å². The SMILES string of the molecule is Cc1csc2nc(CN3CCCC3CN)cc(=O)n12. The lowest BCUT2D eigenvalue weighted by Gasteiger charge is -2.22. The van der Waals surface area contributed by atoms with Crippen molar-refractivity contribution < 1.29 is 0 Å². The molecule has 1 aliphatic rings. The van der Waals surface area contributed by atoms with Gasteiger partial charge >= 0.3 is 0 Å². The van der Waals surface area contributed by atoms with Crippen molar-refractivity contribution >= 4 is 16.3 Å². The summed E-state index contributed by atoms with van der Waals surface area (Å²) in [6, 6.07) is 2.09. The smallest absolute Gasteiger partial charge is 0.259 e. The van der Waals surface area contributed by atoms with Crippen molar-refractivity contribution in [3.05, 3.63) is 33.2 Å². The highest BCUT2D eigenvalue weighted by atomic mass is 32.1. The largest absolute Gasteiger partial charge is 0.329 e. The zero-order valence-electron chi connectivity index (χ0n) is 11.0. The van der Waals surface area contributed by atoms with Crippen molar-refractivity contribution in [1.29, 1.82) is 0 Å². The highest BCUT2D eigenvalue weighted by Gasteiger charge is 2.23. The summed E-state index contributed by atoms with van der Waals surface area (Å²) in [6.07, 6.45) is 2.33. The molecular weight excluding hydrogens is 260 g/mol. The van der Waals surface area contributed by atoms with E-state index in [1.807, 2.05) is 12.3 Å². The van der Waals surface area contributed by atoms with Crippen LogP contribution in [0.4, 0.5) is 0 Å². The molecule has 102 valence electrons. The van der Waals surface area contributed by atoms with Gasteiger partial charge in [0.15, 0.2) is 4.96 Å². The molecule has 19 heavy (non-hydrogen) atoms. The number of nitrogens with two attached hydrogens (primary N) is 1. The summed E-state index contributed by atoms with van der Waals surface area (Å²) in [6.45, 7) is 4.38. The van der Waals surface area contributed by atoms with Crippen molar-refractivity contribution in [2.45, 2.75) is 32.4 Å². The van der Waals surface area contributed by atoms with Crippen LogP contribution in [0.5, 0.6) is 0 Å². The molecule has 3 rings (SSSR count). The highest BCUT2D eigenvalue weighted by molar-refractivity contribution is 7.15. The summed E-state index contributed by atoms with van der Waals surface area (Å²) in [5, 5.41) is 1.96. The third kappa shape index (κ3) is 2.31. The summed E-state index contributed by atoms with van der Waals surface area (Å²) in [4.78, 5) is 19.8. The summed E-state index contributed by atoms with van der Waals surface area (Å²) in [7, 11) is 0. The van der Waals surface area contributed by atoms with Crippen LogP contribution in [0.3, 0.4) is 0 Å².